The van der Waals surface area contributed by atoms with Crippen LogP contribution >= 0.6 is 0 Å². The topological polar surface area (TPSA) is 54.5 Å². The Morgan fingerprint density at radius 3 is 2.83 bits per heavy atom. The summed E-state index contributed by atoms with van der Waals surface area (Å²) in [7, 11) is 0. The summed E-state index contributed by atoms with van der Waals surface area (Å²) < 4.78 is 18.7. The third-order valence-electron chi connectivity index (χ3n) is 3.68. The fraction of sp³-hybridized carbons (Fsp3) is 0.294. The van der Waals surface area contributed by atoms with Crippen molar-refractivity contribution < 1.29 is 13.9 Å². The van der Waals surface area contributed by atoms with E-state index in [1.54, 1.807) is 4.90 Å². The maximum atomic E-state index is 12.9. The van der Waals surface area contributed by atoms with E-state index in [-0.39, 0.29) is 18.0 Å². The Balaban J connectivity index is 1.54. The zero-order valence-electron chi connectivity index (χ0n) is 12.8. The van der Waals surface area contributed by atoms with Gasteiger partial charge in [-0.3, -0.25) is 0 Å². The smallest absolute Gasteiger partial charge is 0.321 e. The number of amides is 2. The number of nitrogens with zero attached hydrogens (tertiary/aromatic N) is 2. The van der Waals surface area contributed by atoms with Crippen LogP contribution in [0, 0.1) is 12.7 Å². The second kappa shape index (κ2) is 6.64. The zero-order valence-corrected chi connectivity index (χ0v) is 12.8. The van der Waals surface area contributed by atoms with Crippen molar-refractivity contribution in [2.24, 2.45) is 0 Å². The van der Waals surface area contributed by atoms with Crippen molar-refractivity contribution in [1.82, 2.24) is 9.88 Å². The molecule has 1 unspecified atom stereocenters. The molecule has 1 saturated heterocycles. The Hall–Kier alpha value is -2.63. The molecule has 1 aliphatic heterocycles. The summed E-state index contributed by atoms with van der Waals surface area (Å²) in [6.45, 7) is 3.02. The molecular formula is C17H18FN3O2. The predicted molar refractivity (Wildman–Crippen MR) is 85.0 cm³/mol. The van der Waals surface area contributed by atoms with Crippen molar-refractivity contribution in [3.8, 4) is 5.88 Å². The molecule has 2 heterocycles. The van der Waals surface area contributed by atoms with Crippen molar-refractivity contribution in [3.63, 3.8) is 0 Å². The maximum Gasteiger partial charge on any atom is 0.321 e. The van der Waals surface area contributed by atoms with Crippen molar-refractivity contribution >= 4 is 11.7 Å². The zero-order chi connectivity index (χ0) is 16.2. The average Bonchev–Trinajstić information content (AvgIpc) is 2.98. The van der Waals surface area contributed by atoms with Gasteiger partial charge in [0, 0.05) is 30.4 Å². The lowest BCUT2D eigenvalue weighted by Crippen LogP contribution is -2.34. The van der Waals surface area contributed by atoms with Crippen LogP contribution in [-0.4, -0.2) is 35.1 Å². The quantitative estimate of drug-likeness (QED) is 0.946. The molecular weight excluding hydrogens is 297 g/mol. The van der Waals surface area contributed by atoms with Crippen molar-refractivity contribution in [1.29, 1.82) is 0 Å². The molecule has 1 aliphatic rings. The van der Waals surface area contributed by atoms with Gasteiger partial charge < -0.3 is 15.0 Å². The summed E-state index contributed by atoms with van der Waals surface area (Å²) in [5.74, 6) is 0.249. The first kappa shape index (κ1) is 15.3. The van der Waals surface area contributed by atoms with Gasteiger partial charge in [-0.1, -0.05) is 6.07 Å². The van der Waals surface area contributed by atoms with E-state index < -0.39 is 0 Å². The Bertz CT molecular complexity index is 690. The Morgan fingerprint density at radius 1 is 1.30 bits per heavy atom. The Labute approximate surface area is 134 Å². The van der Waals surface area contributed by atoms with Gasteiger partial charge in [-0.15, -0.1) is 0 Å². The fourth-order valence-electron chi connectivity index (χ4n) is 2.50. The first-order valence-electron chi connectivity index (χ1n) is 7.52. The van der Waals surface area contributed by atoms with Gasteiger partial charge in [0.1, 0.15) is 11.9 Å². The minimum Gasteiger partial charge on any atom is -0.472 e. The second-order valence-electron chi connectivity index (χ2n) is 5.53. The number of aromatic nitrogens is 1. The number of likely N-dealkylation sites (tertiary alicyclic amines) is 1. The van der Waals surface area contributed by atoms with Gasteiger partial charge in [0.15, 0.2) is 0 Å². The number of carbonyl (C=O) groups is 1. The molecule has 6 heteroatoms. The summed E-state index contributed by atoms with van der Waals surface area (Å²) in [6, 6.07) is 11.1. The minimum absolute atomic E-state index is 0.0664. The second-order valence-corrected chi connectivity index (χ2v) is 5.53. The highest BCUT2D eigenvalue weighted by Gasteiger charge is 2.28. The molecule has 1 atom stereocenters. The van der Waals surface area contributed by atoms with Gasteiger partial charge >= 0.3 is 6.03 Å². The number of urea groups is 1. The van der Waals surface area contributed by atoms with E-state index in [9.17, 15) is 9.18 Å². The monoisotopic (exact) mass is 315 g/mol. The Kier molecular flexibility index (Phi) is 4.41. The molecule has 23 heavy (non-hydrogen) atoms. The van der Waals surface area contributed by atoms with E-state index >= 15 is 0 Å². The third-order valence-corrected chi connectivity index (χ3v) is 3.68. The normalized spacial score (nSPS) is 17.1. The van der Waals surface area contributed by atoms with Crippen LogP contribution in [0.3, 0.4) is 0 Å². The molecule has 1 fully saturated rings. The minimum atomic E-state index is -0.330. The summed E-state index contributed by atoms with van der Waals surface area (Å²) >= 11 is 0. The van der Waals surface area contributed by atoms with Crippen molar-refractivity contribution in [2.75, 3.05) is 18.4 Å². The molecule has 1 aromatic heterocycles. The number of ether oxygens (including phenoxy) is 1. The number of anilines is 1. The number of carbonyl (C=O) groups excluding carboxylic acids is 1. The van der Waals surface area contributed by atoms with E-state index in [4.69, 9.17) is 4.74 Å². The molecule has 1 N–H and O–H groups in total. The predicted octanol–water partition coefficient (Wildman–Crippen LogP) is 3.21. The molecule has 1 aromatic carbocycles. The lowest BCUT2D eigenvalue weighted by atomic mass is 10.3. The average molecular weight is 315 g/mol. The van der Waals surface area contributed by atoms with Crippen LogP contribution in [-0.2, 0) is 0 Å². The molecule has 0 aliphatic carbocycles. The number of nitrogens with one attached hydrogen (secondary N) is 1. The van der Waals surface area contributed by atoms with Gasteiger partial charge in [0.05, 0.1) is 6.54 Å². The number of benzene rings is 1. The van der Waals surface area contributed by atoms with E-state index in [1.165, 1.54) is 24.3 Å². The largest absolute Gasteiger partial charge is 0.472 e. The van der Waals surface area contributed by atoms with Crippen LogP contribution in [0.2, 0.25) is 0 Å². The highest BCUT2D eigenvalue weighted by molar-refractivity contribution is 5.89. The molecule has 0 spiro atoms. The Morgan fingerprint density at radius 2 is 2.09 bits per heavy atom. The van der Waals surface area contributed by atoms with Crippen LogP contribution in [0.15, 0.2) is 42.5 Å². The molecule has 2 amide bonds. The molecule has 120 valence electrons. The lowest BCUT2D eigenvalue weighted by Gasteiger charge is -2.17. The standard InChI is InChI=1S/C17H18FN3O2/c1-12-3-2-4-16(19-12)23-15-9-10-21(11-15)17(22)20-14-7-5-13(18)6-8-14/h2-8,15H,9-11H2,1H3,(H,20,22). The number of halogens is 1. The van der Waals surface area contributed by atoms with Gasteiger partial charge in [-0.05, 0) is 37.3 Å². The van der Waals surface area contributed by atoms with Gasteiger partial charge in [-0.2, -0.15) is 0 Å². The van der Waals surface area contributed by atoms with Crippen LogP contribution in [0.25, 0.3) is 0 Å². The molecule has 5 nitrogen and oxygen atoms in total. The number of hydrogen-bond donors (Lipinski definition) is 1. The number of aryl methyl sites for hydroxylation is 1. The fourth-order valence-corrected chi connectivity index (χ4v) is 2.50. The van der Waals surface area contributed by atoms with Crippen LogP contribution < -0.4 is 10.1 Å². The van der Waals surface area contributed by atoms with Gasteiger partial charge in [0.25, 0.3) is 0 Å². The van der Waals surface area contributed by atoms with Gasteiger partial charge in [0.2, 0.25) is 5.88 Å². The van der Waals surface area contributed by atoms with Crippen LogP contribution in [0.4, 0.5) is 14.9 Å². The summed E-state index contributed by atoms with van der Waals surface area (Å²) in [4.78, 5) is 18.2. The van der Waals surface area contributed by atoms with E-state index in [0.717, 1.165) is 12.1 Å². The molecule has 0 bridgehead atoms. The van der Waals surface area contributed by atoms with Crippen molar-refractivity contribution in [2.45, 2.75) is 19.4 Å². The molecule has 0 radical (unpaired) electrons. The SMILES string of the molecule is Cc1cccc(OC2CCN(C(=O)Nc3ccc(F)cc3)C2)n1. The first-order valence-corrected chi connectivity index (χ1v) is 7.52. The van der Waals surface area contributed by atoms with Crippen LogP contribution in [0.1, 0.15) is 12.1 Å². The number of rotatable bonds is 3. The lowest BCUT2D eigenvalue weighted by molar-refractivity contribution is 0.189. The molecule has 2 aromatic rings. The molecule has 0 saturated carbocycles. The summed E-state index contributed by atoms with van der Waals surface area (Å²) in [5, 5.41) is 2.75. The number of hydrogen-bond acceptors (Lipinski definition) is 3. The number of pyridine rings is 1. The summed E-state index contributed by atoms with van der Waals surface area (Å²) in [6.07, 6.45) is 0.690. The highest BCUT2D eigenvalue weighted by Crippen LogP contribution is 2.18. The maximum absolute atomic E-state index is 12.9. The van der Waals surface area contributed by atoms with E-state index in [1.807, 2.05) is 25.1 Å². The van der Waals surface area contributed by atoms with Gasteiger partial charge in [-0.25, -0.2) is 14.2 Å². The van der Waals surface area contributed by atoms with Crippen LogP contribution in [0.5, 0.6) is 5.88 Å². The van der Waals surface area contributed by atoms with E-state index in [2.05, 4.69) is 10.3 Å². The molecule has 3 rings (SSSR count). The van der Waals surface area contributed by atoms with Crippen molar-refractivity contribution in [3.05, 3.63) is 54.0 Å². The highest BCUT2D eigenvalue weighted by atomic mass is 19.1. The first-order chi connectivity index (χ1) is 11.1. The third kappa shape index (κ3) is 3.97. The summed E-state index contributed by atoms with van der Waals surface area (Å²) in [5.41, 5.74) is 1.47. The van der Waals surface area contributed by atoms with E-state index in [0.29, 0.717) is 24.7 Å².